The van der Waals surface area contributed by atoms with Crippen molar-refractivity contribution in [3.8, 4) is 28.0 Å². The van der Waals surface area contributed by atoms with Crippen molar-refractivity contribution < 1.29 is 17.5 Å². The minimum Gasteiger partial charge on any atom is -0.492 e. The normalized spacial score (nSPS) is 15.3. The van der Waals surface area contributed by atoms with E-state index in [1.54, 1.807) is 6.20 Å². The second-order valence-corrected chi connectivity index (χ2v) is 10.5. The number of nitrogen functional groups attached to an aromatic ring is 1. The van der Waals surface area contributed by atoms with E-state index in [9.17, 15) is 12.8 Å². The van der Waals surface area contributed by atoms with E-state index >= 15 is 0 Å². The first-order valence-corrected chi connectivity index (χ1v) is 12.9. The van der Waals surface area contributed by atoms with Crippen LogP contribution in [0.25, 0.3) is 22.3 Å². The maximum atomic E-state index is 14.7. The summed E-state index contributed by atoms with van der Waals surface area (Å²) in [5, 5.41) is 0. The Balaban J connectivity index is 1.68. The molecule has 9 heteroatoms. The fourth-order valence-corrected chi connectivity index (χ4v) is 4.94. The van der Waals surface area contributed by atoms with Crippen molar-refractivity contribution in [3.63, 3.8) is 0 Å². The van der Waals surface area contributed by atoms with Crippen molar-refractivity contribution in [1.29, 1.82) is 0 Å². The highest BCUT2D eigenvalue weighted by molar-refractivity contribution is 7.92. The molecule has 1 aliphatic rings. The number of benzene rings is 2. The number of pyridine rings is 1. The second kappa shape index (κ2) is 9.60. The summed E-state index contributed by atoms with van der Waals surface area (Å²) in [7, 11) is -0.222. The number of halogens is 1. The third-order valence-electron chi connectivity index (χ3n) is 6.21. The van der Waals surface area contributed by atoms with Crippen molar-refractivity contribution in [2.45, 2.75) is 18.8 Å². The summed E-state index contributed by atoms with van der Waals surface area (Å²) < 4.78 is 45.6. The number of hydrogen-bond donors (Lipinski definition) is 2. The molecule has 3 aromatic rings. The van der Waals surface area contributed by atoms with Gasteiger partial charge in [-0.3, -0.25) is 4.72 Å². The Kier molecular flexibility index (Phi) is 6.77. The van der Waals surface area contributed by atoms with Crippen molar-refractivity contribution in [3.05, 3.63) is 60.0 Å². The zero-order valence-corrected chi connectivity index (χ0v) is 20.3. The van der Waals surface area contributed by atoms with Crippen LogP contribution in [0.2, 0.25) is 0 Å². The molecule has 0 aliphatic carbocycles. The molecule has 1 fully saturated rings. The quantitative estimate of drug-likeness (QED) is 0.541. The van der Waals surface area contributed by atoms with Crippen LogP contribution in [0.1, 0.15) is 24.3 Å². The number of nitrogens with two attached hydrogens (primary N) is 1. The third kappa shape index (κ3) is 5.31. The largest absolute Gasteiger partial charge is 0.492 e. The van der Waals surface area contributed by atoms with Gasteiger partial charge >= 0.3 is 0 Å². The van der Waals surface area contributed by atoms with Crippen LogP contribution >= 0.6 is 0 Å². The highest BCUT2D eigenvalue weighted by Crippen LogP contribution is 2.37. The number of rotatable bonds is 6. The Morgan fingerprint density at radius 2 is 1.76 bits per heavy atom. The number of nitrogens with one attached hydrogen (secondary N) is 1. The first-order valence-electron chi connectivity index (χ1n) is 11.0. The Bertz CT molecular complexity index is 1290. The number of likely N-dealkylation sites (tertiary alicyclic amines) is 1. The molecular weight excluding hydrogens is 455 g/mol. The van der Waals surface area contributed by atoms with Crippen LogP contribution < -0.4 is 15.2 Å². The molecule has 0 amide bonds. The van der Waals surface area contributed by atoms with Gasteiger partial charge in [0.25, 0.3) is 0 Å². The summed E-state index contributed by atoms with van der Waals surface area (Å²) in [4.78, 5) is 6.66. The molecule has 1 aliphatic heterocycles. The summed E-state index contributed by atoms with van der Waals surface area (Å²) >= 11 is 0. The summed E-state index contributed by atoms with van der Waals surface area (Å²) in [5.74, 6) is -0.130. The molecule has 3 N–H and O–H groups in total. The van der Waals surface area contributed by atoms with Crippen LogP contribution in [-0.2, 0) is 10.0 Å². The van der Waals surface area contributed by atoms with E-state index in [2.05, 4.69) is 45.9 Å². The van der Waals surface area contributed by atoms with Crippen molar-refractivity contribution in [1.82, 2.24) is 9.88 Å². The molecule has 2 aromatic carbocycles. The number of methoxy groups -OCH3 is 1. The maximum absolute atomic E-state index is 14.7. The Morgan fingerprint density at radius 3 is 2.38 bits per heavy atom. The molecule has 34 heavy (non-hydrogen) atoms. The van der Waals surface area contributed by atoms with Gasteiger partial charge in [-0.1, -0.05) is 24.3 Å². The average Bonchev–Trinajstić information content (AvgIpc) is 2.79. The molecular formula is C25H29FN4O3S. The molecule has 0 unspecified atom stereocenters. The van der Waals surface area contributed by atoms with Crippen LogP contribution in [0.3, 0.4) is 0 Å². The van der Waals surface area contributed by atoms with Crippen LogP contribution in [0.5, 0.6) is 5.75 Å². The van der Waals surface area contributed by atoms with Gasteiger partial charge in [0.15, 0.2) is 11.6 Å². The summed E-state index contributed by atoms with van der Waals surface area (Å²) in [6, 6.07) is 13.0. The highest BCUT2D eigenvalue weighted by atomic mass is 32.2. The second-order valence-electron chi connectivity index (χ2n) is 8.77. The van der Waals surface area contributed by atoms with Crippen LogP contribution in [0, 0.1) is 5.82 Å². The van der Waals surface area contributed by atoms with Gasteiger partial charge in [-0.05, 0) is 73.8 Å². The standard InChI is InChI=1S/C25H29FN4O3S/c1-30-10-8-18(9-11-30)16-4-6-17(7-5-16)20-12-21(25(27)28-15-20)19-13-22(26)24(33-2)23(14-19)29-34(3,31)32/h4-7,12-15,18,29H,8-11H2,1-3H3,(H2,27,28). The highest BCUT2D eigenvalue weighted by Gasteiger charge is 2.19. The van der Waals surface area contributed by atoms with Crippen LogP contribution in [0.15, 0.2) is 48.7 Å². The number of ether oxygens (including phenoxy) is 1. The van der Waals surface area contributed by atoms with Gasteiger partial charge in [-0.25, -0.2) is 17.8 Å². The Morgan fingerprint density at radius 1 is 1.09 bits per heavy atom. The number of hydrogen-bond acceptors (Lipinski definition) is 6. The van der Waals surface area contributed by atoms with Gasteiger partial charge in [0.2, 0.25) is 10.0 Å². The SMILES string of the molecule is COc1c(F)cc(-c2cc(-c3ccc(C4CCN(C)CC4)cc3)cnc2N)cc1NS(C)(=O)=O. The Labute approximate surface area is 199 Å². The average molecular weight is 485 g/mol. The minimum absolute atomic E-state index is 0.00715. The first kappa shape index (κ1) is 24.0. The number of anilines is 2. The van der Waals surface area contributed by atoms with E-state index in [1.807, 2.05) is 6.07 Å². The van der Waals surface area contributed by atoms with Gasteiger partial charge in [0, 0.05) is 17.3 Å². The number of nitrogens with zero attached hydrogens (tertiary/aromatic N) is 2. The van der Waals surface area contributed by atoms with Gasteiger partial charge in [0.05, 0.1) is 19.1 Å². The van der Waals surface area contributed by atoms with E-state index in [0.717, 1.165) is 43.3 Å². The number of aromatic nitrogens is 1. The maximum Gasteiger partial charge on any atom is 0.229 e. The fraction of sp³-hybridized carbons (Fsp3) is 0.320. The van der Waals surface area contributed by atoms with E-state index < -0.39 is 15.8 Å². The van der Waals surface area contributed by atoms with Crippen LogP contribution in [0.4, 0.5) is 15.9 Å². The molecule has 1 saturated heterocycles. The molecule has 4 rings (SSSR count). The molecule has 1 aromatic heterocycles. The third-order valence-corrected chi connectivity index (χ3v) is 6.80. The van der Waals surface area contributed by atoms with E-state index in [0.29, 0.717) is 17.0 Å². The lowest BCUT2D eigenvalue weighted by Gasteiger charge is -2.29. The lowest BCUT2D eigenvalue weighted by molar-refractivity contribution is 0.255. The molecule has 0 bridgehead atoms. The van der Waals surface area contributed by atoms with Crippen molar-refractivity contribution in [2.75, 3.05) is 44.0 Å². The molecule has 0 radical (unpaired) electrons. The monoisotopic (exact) mass is 484 g/mol. The summed E-state index contributed by atoms with van der Waals surface area (Å²) in [6.45, 7) is 2.21. The van der Waals surface area contributed by atoms with Crippen molar-refractivity contribution in [2.24, 2.45) is 0 Å². The summed E-state index contributed by atoms with van der Waals surface area (Å²) in [5.41, 5.74) is 10.1. The zero-order valence-electron chi connectivity index (χ0n) is 19.5. The van der Waals surface area contributed by atoms with Crippen LogP contribution in [-0.4, -0.2) is 51.8 Å². The smallest absolute Gasteiger partial charge is 0.229 e. The van der Waals surface area contributed by atoms with E-state index in [1.165, 1.54) is 24.8 Å². The number of sulfonamides is 1. The zero-order chi connectivity index (χ0) is 24.5. The Hall–Kier alpha value is -3.17. The lowest BCUT2D eigenvalue weighted by atomic mass is 9.88. The molecule has 180 valence electrons. The minimum atomic E-state index is -3.65. The lowest BCUT2D eigenvalue weighted by Crippen LogP contribution is -2.29. The van der Waals surface area contributed by atoms with Gasteiger partial charge in [-0.15, -0.1) is 0 Å². The molecule has 0 saturated carbocycles. The van der Waals surface area contributed by atoms with Gasteiger partial charge < -0.3 is 15.4 Å². The molecule has 2 heterocycles. The topological polar surface area (TPSA) is 97.5 Å². The summed E-state index contributed by atoms with van der Waals surface area (Å²) in [6.07, 6.45) is 4.97. The van der Waals surface area contributed by atoms with Crippen molar-refractivity contribution >= 4 is 21.5 Å². The fourth-order valence-electron chi connectivity index (χ4n) is 4.39. The molecule has 0 spiro atoms. The molecule has 0 atom stereocenters. The first-order chi connectivity index (χ1) is 16.1. The van der Waals surface area contributed by atoms with E-state index in [-0.39, 0.29) is 17.3 Å². The van der Waals surface area contributed by atoms with Gasteiger partial charge in [0.1, 0.15) is 5.82 Å². The van der Waals surface area contributed by atoms with E-state index in [4.69, 9.17) is 10.5 Å². The van der Waals surface area contributed by atoms with Gasteiger partial charge in [-0.2, -0.15) is 0 Å². The number of piperidine rings is 1. The molecule has 7 nitrogen and oxygen atoms in total. The predicted molar refractivity (Wildman–Crippen MR) is 134 cm³/mol. The predicted octanol–water partition coefficient (Wildman–Crippen LogP) is 4.33.